The minimum Gasteiger partial charge on any atom is -0.481 e. The van der Waals surface area contributed by atoms with Crippen LogP contribution in [0, 0.1) is 0 Å². The Hall–Kier alpha value is -1.92. The Labute approximate surface area is 111 Å². The number of benzene rings is 1. The lowest BCUT2D eigenvalue weighted by atomic mass is 10.1. The van der Waals surface area contributed by atoms with Gasteiger partial charge in [0.1, 0.15) is 6.61 Å². The van der Waals surface area contributed by atoms with Crippen LogP contribution in [0.4, 0.5) is 5.69 Å². The quantitative estimate of drug-likeness (QED) is 0.599. The number of carboxylic acids is 1. The lowest BCUT2D eigenvalue weighted by molar-refractivity contribution is -0.137. The van der Waals surface area contributed by atoms with Gasteiger partial charge in [-0.15, -0.1) is 0 Å². The summed E-state index contributed by atoms with van der Waals surface area (Å²) in [6.45, 7) is 0.626. The lowest BCUT2D eigenvalue weighted by Gasteiger charge is -2.10. The Bertz CT molecular complexity index is 434. The topological polar surface area (TPSA) is 102 Å². The van der Waals surface area contributed by atoms with E-state index in [9.17, 15) is 9.59 Å². The van der Waals surface area contributed by atoms with Crippen molar-refractivity contribution in [3.8, 4) is 0 Å². The van der Waals surface area contributed by atoms with Gasteiger partial charge in [-0.05, 0) is 18.1 Å². The molecule has 0 saturated heterocycles. The fourth-order valence-corrected chi connectivity index (χ4v) is 1.54. The van der Waals surface area contributed by atoms with Crippen molar-refractivity contribution in [2.45, 2.75) is 12.8 Å². The van der Waals surface area contributed by atoms with Gasteiger partial charge >= 0.3 is 5.97 Å². The lowest BCUT2D eigenvalue weighted by Crippen LogP contribution is -2.21. The summed E-state index contributed by atoms with van der Waals surface area (Å²) in [4.78, 5) is 22.1. The molecular formula is C13H18N2O4. The maximum Gasteiger partial charge on any atom is 0.303 e. The van der Waals surface area contributed by atoms with Gasteiger partial charge in [0.15, 0.2) is 0 Å². The van der Waals surface area contributed by atoms with Gasteiger partial charge in [0.2, 0.25) is 5.91 Å². The number of anilines is 1. The van der Waals surface area contributed by atoms with E-state index in [-0.39, 0.29) is 18.9 Å². The third-order valence-corrected chi connectivity index (χ3v) is 2.40. The van der Waals surface area contributed by atoms with Crippen molar-refractivity contribution in [3.63, 3.8) is 0 Å². The van der Waals surface area contributed by atoms with Crippen LogP contribution in [-0.4, -0.2) is 36.7 Å². The molecule has 0 aliphatic rings. The van der Waals surface area contributed by atoms with E-state index in [0.717, 1.165) is 5.56 Å². The molecule has 4 N–H and O–H groups in total. The second-order valence-corrected chi connectivity index (χ2v) is 3.94. The molecule has 0 aliphatic heterocycles. The first-order chi connectivity index (χ1) is 9.13. The summed E-state index contributed by atoms with van der Waals surface area (Å²) >= 11 is 0. The standard InChI is InChI=1S/C13H18N2O4/c14-7-8-19-9-12(16)15-11-4-2-1-3-10(11)5-6-13(17)18/h1-4H,5-9,14H2,(H,15,16)(H,17,18). The monoisotopic (exact) mass is 266 g/mol. The zero-order valence-corrected chi connectivity index (χ0v) is 10.6. The van der Waals surface area contributed by atoms with Gasteiger partial charge in [-0.2, -0.15) is 0 Å². The normalized spacial score (nSPS) is 10.2. The molecule has 6 nitrogen and oxygen atoms in total. The SMILES string of the molecule is NCCOCC(=O)Nc1ccccc1CCC(=O)O. The highest BCUT2D eigenvalue weighted by molar-refractivity contribution is 5.92. The fourth-order valence-electron chi connectivity index (χ4n) is 1.54. The van der Waals surface area contributed by atoms with Gasteiger partial charge < -0.3 is 20.9 Å². The van der Waals surface area contributed by atoms with E-state index >= 15 is 0 Å². The molecule has 0 fully saturated rings. The number of ether oxygens (including phenoxy) is 1. The number of aryl methyl sites for hydroxylation is 1. The van der Waals surface area contributed by atoms with Gasteiger partial charge in [0.05, 0.1) is 6.61 Å². The molecule has 0 heterocycles. The van der Waals surface area contributed by atoms with E-state index in [1.807, 2.05) is 0 Å². The van der Waals surface area contributed by atoms with Gasteiger partial charge in [-0.3, -0.25) is 9.59 Å². The minimum atomic E-state index is -0.868. The van der Waals surface area contributed by atoms with E-state index in [1.165, 1.54) is 0 Å². The van der Waals surface area contributed by atoms with Crippen LogP contribution in [0.25, 0.3) is 0 Å². The predicted octanol–water partition coefficient (Wildman–Crippen LogP) is 0.618. The minimum absolute atomic E-state index is 0.0244. The van der Waals surface area contributed by atoms with Crippen molar-refractivity contribution in [1.29, 1.82) is 0 Å². The van der Waals surface area contributed by atoms with Crippen molar-refractivity contribution < 1.29 is 19.4 Å². The summed E-state index contributed by atoms with van der Waals surface area (Å²) in [6.07, 6.45) is 0.395. The number of aliphatic carboxylic acids is 1. The molecule has 0 radical (unpaired) electrons. The first-order valence-electron chi connectivity index (χ1n) is 6.01. The molecule has 6 heteroatoms. The maximum atomic E-state index is 11.6. The first-order valence-corrected chi connectivity index (χ1v) is 6.01. The predicted molar refractivity (Wildman–Crippen MR) is 70.9 cm³/mol. The van der Waals surface area contributed by atoms with E-state index in [4.69, 9.17) is 15.6 Å². The third kappa shape index (κ3) is 5.98. The van der Waals surface area contributed by atoms with Crippen molar-refractivity contribution >= 4 is 17.6 Å². The molecule has 1 aromatic rings. The van der Waals surface area contributed by atoms with Crippen LogP contribution in [0.15, 0.2) is 24.3 Å². The highest BCUT2D eigenvalue weighted by Crippen LogP contribution is 2.16. The van der Waals surface area contributed by atoms with Crippen LogP contribution in [0.3, 0.4) is 0 Å². The Morgan fingerprint density at radius 3 is 2.74 bits per heavy atom. The van der Waals surface area contributed by atoms with Gasteiger partial charge in [0.25, 0.3) is 0 Å². The molecule has 0 spiro atoms. The number of carboxylic acid groups (broad SMARTS) is 1. The summed E-state index contributed by atoms with van der Waals surface area (Å²) in [5.74, 6) is -1.15. The molecule has 19 heavy (non-hydrogen) atoms. The van der Waals surface area contributed by atoms with Gasteiger partial charge in [0, 0.05) is 18.7 Å². The summed E-state index contributed by atoms with van der Waals surface area (Å²) in [6, 6.07) is 7.11. The fraction of sp³-hybridized carbons (Fsp3) is 0.385. The number of carbonyl (C=O) groups is 2. The number of nitrogens with two attached hydrogens (primary N) is 1. The number of para-hydroxylation sites is 1. The number of nitrogens with one attached hydrogen (secondary N) is 1. The maximum absolute atomic E-state index is 11.6. The van der Waals surface area contributed by atoms with E-state index in [0.29, 0.717) is 25.3 Å². The van der Waals surface area contributed by atoms with Crippen molar-refractivity contribution in [1.82, 2.24) is 0 Å². The highest BCUT2D eigenvalue weighted by atomic mass is 16.5. The Morgan fingerprint density at radius 1 is 1.32 bits per heavy atom. The van der Waals surface area contributed by atoms with Crippen molar-refractivity contribution in [3.05, 3.63) is 29.8 Å². The second kappa shape index (κ2) is 8.23. The molecular weight excluding hydrogens is 248 g/mol. The Balaban J connectivity index is 2.56. The Kier molecular flexibility index (Phi) is 6.56. The largest absolute Gasteiger partial charge is 0.481 e. The summed E-state index contributed by atoms with van der Waals surface area (Å²) in [5, 5.41) is 11.4. The molecule has 1 rings (SSSR count). The van der Waals surface area contributed by atoms with Crippen LogP contribution in [0.5, 0.6) is 0 Å². The molecule has 1 aromatic carbocycles. The molecule has 104 valence electrons. The first kappa shape index (κ1) is 15.1. The van der Waals surface area contributed by atoms with Crippen LogP contribution in [0.2, 0.25) is 0 Å². The molecule has 0 saturated carbocycles. The zero-order chi connectivity index (χ0) is 14.1. The summed E-state index contributed by atoms with van der Waals surface area (Å²) in [5.41, 5.74) is 6.65. The Morgan fingerprint density at radius 2 is 2.05 bits per heavy atom. The van der Waals surface area contributed by atoms with Crippen LogP contribution in [0.1, 0.15) is 12.0 Å². The number of amides is 1. The number of hydrogen-bond acceptors (Lipinski definition) is 4. The third-order valence-electron chi connectivity index (χ3n) is 2.40. The van der Waals surface area contributed by atoms with Crippen LogP contribution in [-0.2, 0) is 20.7 Å². The molecule has 0 aromatic heterocycles. The van der Waals surface area contributed by atoms with Gasteiger partial charge in [-0.1, -0.05) is 18.2 Å². The summed E-state index contributed by atoms with van der Waals surface area (Å²) < 4.78 is 5.02. The number of rotatable bonds is 8. The summed E-state index contributed by atoms with van der Waals surface area (Å²) in [7, 11) is 0. The second-order valence-electron chi connectivity index (χ2n) is 3.94. The van der Waals surface area contributed by atoms with Crippen molar-refractivity contribution in [2.24, 2.45) is 5.73 Å². The molecule has 0 atom stereocenters. The van der Waals surface area contributed by atoms with Crippen LogP contribution < -0.4 is 11.1 Å². The van der Waals surface area contributed by atoms with Crippen LogP contribution >= 0.6 is 0 Å². The number of carbonyl (C=O) groups excluding carboxylic acids is 1. The number of hydrogen-bond donors (Lipinski definition) is 3. The van der Waals surface area contributed by atoms with Crippen molar-refractivity contribution in [2.75, 3.05) is 25.1 Å². The highest BCUT2D eigenvalue weighted by Gasteiger charge is 2.08. The van der Waals surface area contributed by atoms with E-state index in [2.05, 4.69) is 5.32 Å². The molecule has 0 aliphatic carbocycles. The van der Waals surface area contributed by atoms with Gasteiger partial charge in [-0.25, -0.2) is 0 Å². The van der Waals surface area contributed by atoms with E-state index in [1.54, 1.807) is 24.3 Å². The molecule has 0 unspecified atom stereocenters. The molecule has 0 bridgehead atoms. The average Bonchev–Trinajstić information content (AvgIpc) is 2.38. The molecule has 1 amide bonds. The smallest absolute Gasteiger partial charge is 0.303 e. The van der Waals surface area contributed by atoms with E-state index < -0.39 is 5.97 Å². The average molecular weight is 266 g/mol. The zero-order valence-electron chi connectivity index (χ0n) is 10.6.